The largest absolute Gasteiger partial charge is 0.468 e. The van der Waals surface area contributed by atoms with Crippen molar-refractivity contribution >= 4 is 17.6 Å². The molecule has 0 radical (unpaired) electrons. The SMILES string of the molecule is CCCCCCCCC(CCC(Cl)C(=O)OC)C(OC)(OC)OC. The molecule has 0 aliphatic carbocycles. The molecule has 0 spiro atoms. The van der Waals surface area contributed by atoms with Crippen LogP contribution in [0.3, 0.4) is 0 Å². The van der Waals surface area contributed by atoms with Crippen LogP contribution in [-0.4, -0.2) is 45.8 Å². The lowest BCUT2D eigenvalue weighted by atomic mass is 9.92. The van der Waals surface area contributed by atoms with Crippen molar-refractivity contribution in [2.45, 2.75) is 76.1 Å². The van der Waals surface area contributed by atoms with Gasteiger partial charge in [-0.1, -0.05) is 45.4 Å². The number of ether oxygens (including phenoxy) is 4. The Morgan fingerprint density at radius 1 is 0.875 bits per heavy atom. The Morgan fingerprint density at radius 2 is 1.42 bits per heavy atom. The third-order valence-corrected chi connectivity index (χ3v) is 4.88. The number of hydrogen-bond acceptors (Lipinski definition) is 5. The number of esters is 1. The minimum Gasteiger partial charge on any atom is -0.468 e. The van der Waals surface area contributed by atoms with Crippen LogP contribution < -0.4 is 0 Å². The molecule has 0 heterocycles. The maximum Gasteiger partial charge on any atom is 0.323 e. The average Bonchev–Trinajstić information content (AvgIpc) is 2.62. The molecule has 0 aliphatic heterocycles. The number of carbonyl (C=O) groups excluding carboxylic acids is 1. The summed E-state index contributed by atoms with van der Waals surface area (Å²) in [5.74, 6) is -1.52. The van der Waals surface area contributed by atoms with Crippen molar-refractivity contribution < 1.29 is 23.7 Å². The maximum absolute atomic E-state index is 11.5. The van der Waals surface area contributed by atoms with Crippen LogP contribution in [0.4, 0.5) is 0 Å². The molecule has 0 rings (SSSR count). The summed E-state index contributed by atoms with van der Waals surface area (Å²) in [6.45, 7) is 2.21. The molecule has 2 unspecified atom stereocenters. The van der Waals surface area contributed by atoms with Crippen LogP contribution in [0.15, 0.2) is 0 Å². The van der Waals surface area contributed by atoms with Crippen LogP contribution in [-0.2, 0) is 23.7 Å². The zero-order valence-corrected chi connectivity index (χ0v) is 16.7. The van der Waals surface area contributed by atoms with E-state index >= 15 is 0 Å². The first-order valence-corrected chi connectivity index (χ1v) is 9.32. The Labute approximate surface area is 152 Å². The lowest BCUT2D eigenvalue weighted by Crippen LogP contribution is -2.44. The van der Waals surface area contributed by atoms with E-state index in [0.29, 0.717) is 12.8 Å². The van der Waals surface area contributed by atoms with Crippen molar-refractivity contribution in [3.05, 3.63) is 0 Å². The highest BCUT2D eigenvalue weighted by atomic mass is 35.5. The molecule has 144 valence electrons. The van der Waals surface area contributed by atoms with E-state index in [9.17, 15) is 4.79 Å². The highest BCUT2D eigenvalue weighted by Crippen LogP contribution is 2.33. The Balaban J connectivity index is 4.62. The first-order chi connectivity index (χ1) is 11.5. The molecule has 24 heavy (non-hydrogen) atoms. The van der Waals surface area contributed by atoms with E-state index < -0.39 is 17.3 Å². The molecule has 0 aromatic rings. The van der Waals surface area contributed by atoms with Crippen molar-refractivity contribution in [1.82, 2.24) is 0 Å². The van der Waals surface area contributed by atoms with E-state index in [1.54, 1.807) is 21.3 Å². The number of halogens is 1. The number of unbranched alkanes of at least 4 members (excludes halogenated alkanes) is 5. The smallest absolute Gasteiger partial charge is 0.323 e. The molecular weight excluding hydrogens is 332 g/mol. The van der Waals surface area contributed by atoms with Crippen LogP contribution in [0.2, 0.25) is 0 Å². The summed E-state index contributed by atoms with van der Waals surface area (Å²) in [5.41, 5.74) is 0. The normalized spacial score (nSPS) is 14.4. The quantitative estimate of drug-likeness (QED) is 0.185. The fraction of sp³-hybridized carbons (Fsp3) is 0.944. The first kappa shape index (κ1) is 23.6. The van der Waals surface area contributed by atoms with E-state index in [1.807, 2.05) is 0 Å². The number of carbonyl (C=O) groups is 1. The molecular formula is C18H35ClO5. The Morgan fingerprint density at radius 3 is 1.92 bits per heavy atom. The van der Waals surface area contributed by atoms with Crippen molar-refractivity contribution in [3.63, 3.8) is 0 Å². The van der Waals surface area contributed by atoms with Crippen LogP contribution in [0.25, 0.3) is 0 Å². The lowest BCUT2D eigenvalue weighted by Gasteiger charge is -2.36. The predicted molar refractivity (Wildman–Crippen MR) is 96.1 cm³/mol. The second-order valence-corrected chi connectivity index (χ2v) is 6.56. The molecule has 0 saturated carbocycles. The molecule has 5 nitrogen and oxygen atoms in total. The van der Waals surface area contributed by atoms with Gasteiger partial charge < -0.3 is 18.9 Å². The van der Waals surface area contributed by atoms with Gasteiger partial charge in [-0.2, -0.15) is 0 Å². The Kier molecular flexibility index (Phi) is 13.7. The molecule has 0 aromatic carbocycles. The molecule has 0 N–H and O–H groups in total. The molecule has 6 heteroatoms. The Hall–Kier alpha value is -0.360. The number of hydrogen-bond donors (Lipinski definition) is 0. The van der Waals surface area contributed by atoms with E-state index in [1.165, 1.54) is 39.2 Å². The third-order valence-electron chi connectivity index (χ3n) is 4.49. The average molecular weight is 367 g/mol. The zero-order chi connectivity index (χ0) is 18.4. The van der Waals surface area contributed by atoms with Gasteiger partial charge in [0.25, 0.3) is 5.97 Å². The minimum absolute atomic E-state index is 0.00502. The number of methoxy groups -OCH3 is 4. The van der Waals surface area contributed by atoms with Crippen LogP contribution >= 0.6 is 11.6 Å². The topological polar surface area (TPSA) is 54.0 Å². The van der Waals surface area contributed by atoms with Gasteiger partial charge in [-0.3, -0.25) is 4.79 Å². The molecule has 0 saturated heterocycles. The lowest BCUT2D eigenvalue weighted by molar-refractivity contribution is -0.380. The summed E-state index contributed by atoms with van der Waals surface area (Å²) >= 11 is 6.08. The summed E-state index contributed by atoms with van der Waals surface area (Å²) in [6, 6.07) is 0. The highest BCUT2D eigenvalue weighted by molar-refractivity contribution is 6.29. The van der Waals surface area contributed by atoms with Gasteiger partial charge in [-0.15, -0.1) is 11.6 Å². The minimum atomic E-state index is -1.10. The van der Waals surface area contributed by atoms with Gasteiger partial charge in [0.1, 0.15) is 5.38 Å². The predicted octanol–water partition coefficient (Wildman–Crippen LogP) is 4.51. The van der Waals surface area contributed by atoms with Gasteiger partial charge in [-0.25, -0.2) is 0 Å². The van der Waals surface area contributed by atoms with Crippen molar-refractivity contribution in [3.8, 4) is 0 Å². The van der Waals surface area contributed by atoms with E-state index in [2.05, 4.69) is 11.7 Å². The Bertz CT molecular complexity index is 312. The molecule has 0 amide bonds. The number of rotatable bonds is 15. The van der Waals surface area contributed by atoms with Crippen molar-refractivity contribution in [2.24, 2.45) is 5.92 Å². The van der Waals surface area contributed by atoms with Gasteiger partial charge >= 0.3 is 5.97 Å². The molecule has 0 bridgehead atoms. The van der Waals surface area contributed by atoms with Gasteiger partial charge in [0.15, 0.2) is 0 Å². The van der Waals surface area contributed by atoms with E-state index in [-0.39, 0.29) is 5.92 Å². The monoisotopic (exact) mass is 366 g/mol. The fourth-order valence-corrected chi connectivity index (χ4v) is 3.23. The number of alkyl halides is 1. The van der Waals surface area contributed by atoms with Gasteiger partial charge in [0.2, 0.25) is 0 Å². The van der Waals surface area contributed by atoms with Gasteiger partial charge in [-0.05, 0) is 19.3 Å². The standard InChI is InChI=1S/C18H35ClO5/c1-6-7-8-9-10-11-12-15(18(22-3,23-4)24-5)13-14-16(19)17(20)21-2/h15-16H,6-14H2,1-5H3. The molecule has 2 atom stereocenters. The summed E-state index contributed by atoms with van der Waals surface area (Å²) < 4.78 is 21.2. The van der Waals surface area contributed by atoms with Crippen LogP contribution in [0.1, 0.15) is 64.7 Å². The van der Waals surface area contributed by atoms with Crippen molar-refractivity contribution in [2.75, 3.05) is 28.4 Å². The maximum atomic E-state index is 11.5. The summed E-state index contributed by atoms with van der Waals surface area (Å²) in [4.78, 5) is 11.5. The molecule has 0 fully saturated rings. The summed E-state index contributed by atoms with van der Waals surface area (Å²) in [7, 11) is 6.05. The highest BCUT2D eigenvalue weighted by Gasteiger charge is 2.40. The second kappa shape index (κ2) is 13.9. The zero-order valence-electron chi connectivity index (χ0n) is 15.9. The van der Waals surface area contributed by atoms with Gasteiger partial charge in [0, 0.05) is 27.2 Å². The first-order valence-electron chi connectivity index (χ1n) is 8.88. The summed E-state index contributed by atoms with van der Waals surface area (Å²) in [6.07, 6.45) is 9.33. The van der Waals surface area contributed by atoms with Gasteiger partial charge in [0.05, 0.1) is 7.11 Å². The third kappa shape index (κ3) is 8.15. The van der Waals surface area contributed by atoms with Crippen molar-refractivity contribution in [1.29, 1.82) is 0 Å². The second-order valence-electron chi connectivity index (χ2n) is 6.04. The molecule has 0 aromatic heterocycles. The van der Waals surface area contributed by atoms with E-state index in [4.69, 9.17) is 25.8 Å². The van der Waals surface area contributed by atoms with Crippen LogP contribution in [0.5, 0.6) is 0 Å². The molecule has 0 aliphatic rings. The summed E-state index contributed by atoms with van der Waals surface area (Å²) in [5, 5.41) is -0.662. The fourth-order valence-electron chi connectivity index (χ4n) is 3.01. The van der Waals surface area contributed by atoms with Crippen LogP contribution in [0, 0.1) is 5.92 Å². The van der Waals surface area contributed by atoms with E-state index in [0.717, 1.165) is 12.8 Å².